The highest BCUT2D eigenvalue weighted by Crippen LogP contribution is 2.20. The summed E-state index contributed by atoms with van der Waals surface area (Å²) >= 11 is 0. The van der Waals surface area contributed by atoms with Gasteiger partial charge in [0.1, 0.15) is 11.6 Å². The molecule has 0 spiro atoms. The molecule has 5 nitrogen and oxygen atoms in total. The van der Waals surface area contributed by atoms with Crippen LogP contribution >= 0.6 is 0 Å². The highest BCUT2D eigenvalue weighted by atomic mass is 16.5. The molecule has 5 heteroatoms. The van der Waals surface area contributed by atoms with Crippen LogP contribution in [0.3, 0.4) is 0 Å². The summed E-state index contributed by atoms with van der Waals surface area (Å²) in [5, 5.41) is 7.50. The summed E-state index contributed by atoms with van der Waals surface area (Å²) in [6, 6.07) is 0. The van der Waals surface area contributed by atoms with Gasteiger partial charge in [0, 0.05) is 6.54 Å². The lowest BCUT2D eigenvalue weighted by molar-refractivity contribution is 0.0347. The summed E-state index contributed by atoms with van der Waals surface area (Å²) < 4.78 is 7.87. The smallest absolute Gasteiger partial charge is 0.147 e. The average Bonchev–Trinajstić information content (AvgIpc) is 2.76. The number of aromatic nitrogens is 3. The summed E-state index contributed by atoms with van der Waals surface area (Å²) in [5.41, 5.74) is 0. The minimum Gasteiger partial charge on any atom is -0.372 e. The standard InChI is InChI=1S/C11H20N4O/c1-8-13-9(2)15(14-8)7-11-5-4-10(16-11)6-12-3/h10-12H,4-7H2,1-3H3. The molecular formula is C11H20N4O. The molecule has 2 heterocycles. The molecule has 16 heavy (non-hydrogen) atoms. The van der Waals surface area contributed by atoms with Gasteiger partial charge in [0.15, 0.2) is 0 Å². The van der Waals surface area contributed by atoms with E-state index in [1.165, 1.54) is 0 Å². The Labute approximate surface area is 96.2 Å². The zero-order valence-electron chi connectivity index (χ0n) is 10.2. The first-order chi connectivity index (χ1) is 7.69. The molecule has 1 aliphatic heterocycles. The summed E-state index contributed by atoms with van der Waals surface area (Å²) in [4.78, 5) is 4.29. The fourth-order valence-corrected chi connectivity index (χ4v) is 2.22. The SMILES string of the molecule is CNCC1CCC(Cn2nc(C)nc2C)O1. The Hall–Kier alpha value is -0.940. The maximum atomic E-state index is 5.92. The van der Waals surface area contributed by atoms with Crippen LogP contribution in [-0.4, -0.2) is 40.6 Å². The summed E-state index contributed by atoms with van der Waals surface area (Å²) in [6.07, 6.45) is 2.90. The maximum Gasteiger partial charge on any atom is 0.147 e. The van der Waals surface area contributed by atoms with Crippen molar-refractivity contribution >= 4 is 0 Å². The third-order valence-corrected chi connectivity index (χ3v) is 2.97. The van der Waals surface area contributed by atoms with Crippen molar-refractivity contribution in [1.29, 1.82) is 0 Å². The number of likely N-dealkylation sites (N-methyl/N-ethyl adjacent to an activating group) is 1. The fraction of sp³-hybridized carbons (Fsp3) is 0.818. The van der Waals surface area contributed by atoms with E-state index in [1.54, 1.807) is 0 Å². The average molecular weight is 224 g/mol. The van der Waals surface area contributed by atoms with E-state index in [0.717, 1.165) is 37.6 Å². The summed E-state index contributed by atoms with van der Waals surface area (Å²) in [7, 11) is 1.96. The quantitative estimate of drug-likeness (QED) is 0.816. The molecule has 0 saturated carbocycles. The van der Waals surface area contributed by atoms with Gasteiger partial charge in [-0.25, -0.2) is 9.67 Å². The molecule has 2 unspecified atom stereocenters. The molecule has 0 bridgehead atoms. The van der Waals surface area contributed by atoms with Crippen molar-refractivity contribution in [3.8, 4) is 0 Å². The lowest BCUT2D eigenvalue weighted by Crippen LogP contribution is -2.25. The van der Waals surface area contributed by atoms with Crippen LogP contribution in [0.4, 0.5) is 0 Å². The predicted octanol–water partition coefficient (Wildman–Crippen LogP) is 0.662. The Morgan fingerprint density at radius 3 is 2.75 bits per heavy atom. The molecule has 1 aromatic heterocycles. The molecule has 2 rings (SSSR count). The van der Waals surface area contributed by atoms with E-state index in [4.69, 9.17) is 4.74 Å². The van der Waals surface area contributed by atoms with Crippen LogP contribution in [0.1, 0.15) is 24.5 Å². The minimum absolute atomic E-state index is 0.290. The first-order valence-electron chi connectivity index (χ1n) is 5.87. The number of hydrogen-bond acceptors (Lipinski definition) is 4. The van der Waals surface area contributed by atoms with Gasteiger partial charge in [0.05, 0.1) is 18.8 Å². The van der Waals surface area contributed by atoms with Crippen molar-refractivity contribution in [2.75, 3.05) is 13.6 Å². The third kappa shape index (κ3) is 2.59. The van der Waals surface area contributed by atoms with Gasteiger partial charge in [0.25, 0.3) is 0 Å². The van der Waals surface area contributed by atoms with Crippen molar-refractivity contribution in [2.45, 2.75) is 45.4 Å². The zero-order valence-corrected chi connectivity index (χ0v) is 10.2. The Morgan fingerprint density at radius 1 is 1.38 bits per heavy atom. The molecule has 0 aliphatic carbocycles. The zero-order chi connectivity index (χ0) is 11.5. The van der Waals surface area contributed by atoms with E-state index >= 15 is 0 Å². The van der Waals surface area contributed by atoms with Crippen molar-refractivity contribution < 1.29 is 4.74 Å². The van der Waals surface area contributed by atoms with E-state index in [2.05, 4.69) is 15.4 Å². The van der Waals surface area contributed by atoms with Gasteiger partial charge < -0.3 is 10.1 Å². The summed E-state index contributed by atoms with van der Waals surface area (Å²) in [5.74, 6) is 1.81. The fourth-order valence-electron chi connectivity index (χ4n) is 2.22. The van der Waals surface area contributed by atoms with Gasteiger partial charge in [-0.05, 0) is 33.7 Å². The topological polar surface area (TPSA) is 52.0 Å². The molecule has 1 N–H and O–H groups in total. The van der Waals surface area contributed by atoms with Gasteiger partial charge in [0.2, 0.25) is 0 Å². The molecular weight excluding hydrogens is 204 g/mol. The molecule has 1 fully saturated rings. The number of rotatable bonds is 4. The number of nitrogens with zero attached hydrogens (tertiary/aromatic N) is 3. The normalized spacial score (nSPS) is 25.2. The maximum absolute atomic E-state index is 5.92. The van der Waals surface area contributed by atoms with E-state index in [1.807, 2.05) is 25.6 Å². The monoisotopic (exact) mass is 224 g/mol. The molecule has 90 valence electrons. The van der Waals surface area contributed by atoms with Crippen molar-refractivity contribution in [2.24, 2.45) is 0 Å². The molecule has 0 aromatic carbocycles. The van der Waals surface area contributed by atoms with Gasteiger partial charge >= 0.3 is 0 Å². The van der Waals surface area contributed by atoms with Gasteiger partial charge in [-0.3, -0.25) is 0 Å². The molecule has 2 atom stereocenters. The molecule has 1 aliphatic rings. The Morgan fingerprint density at radius 2 is 2.12 bits per heavy atom. The lowest BCUT2D eigenvalue weighted by atomic mass is 10.2. The highest BCUT2D eigenvalue weighted by Gasteiger charge is 2.25. The van der Waals surface area contributed by atoms with Crippen LogP contribution in [0.5, 0.6) is 0 Å². The highest BCUT2D eigenvalue weighted by molar-refractivity contribution is 4.88. The van der Waals surface area contributed by atoms with Crippen molar-refractivity contribution in [1.82, 2.24) is 20.1 Å². The first kappa shape index (κ1) is 11.5. The summed E-state index contributed by atoms with van der Waals surface area (Å²) in [6.45, 7) is 5.67. The Bertz CT molecular complexity index is 350. The van der Waals surface area contributed by atoms with E-state index < -0.39 is 0 Å². The van der Waals surface area contributed by atoms with Crippen LogP contribution in [0.25, 0.3) is 0 Å². The second kappa shape index (κ2) is 4.93. The van der Waals surface area contributed by atoms with E-state index in [-0.39, 0.29) is 6.10 Å². The second-order valence-corrected chi connectivity index (χ2v) is 4.40. The number of aryl methyl sites for hydroxylation is 2. The van der Waals surface area contributed by atoms with Crippen LogP contribution in [-0.2, 0) is 11.3 Å². The van der Waals surface area contributed by atoms with Gasteiger partial charge in [-0.1, -0.05) is 0 Å². The second-order valence-electron chi connectivity index (χ2n) is 4.40. The number of ether oxygens (including phenoxy) is 1. The van der Waals surface area contributed by atoms with Crippen LogP contribution < -0.4 is 5.32 Å². The lowest BCUT2D eigenvalue weighted by Gasteiger charge is -2.13. The van der Waals surface area contributed by atoms with Crippen molar-refractivity contribution in [3.63, 3.8) is 0 Å². The number of hydrogen-bond donors (Lipinski definition) is 1. The van der Waals surface area contributed by atoms with Crippen LogP contribution in [0.15, 0.2) is 0 Å². The largest absolute Gasteiger partial charge is 0.372 e. The van der Waals surface area contributed by atoms with Crippen LogP contribution in [0, 0.1) is 13.8 Å². The van der Waals surface area contributed by atoms with Gasteiger partial charge in [-0.2, -0.15) is 5.10 Å². The molecule has 0 amide bonds. The molecule has 0 radical (unpaired) electrons. The third-order valence-electron chi connectivity index (χ3n) is 2.97. The molecule has 1 aromatic rings. The van der Waals surface area contributed by atoms with Crippen molar-refractivity contribution in [3.05, 3.63) is 11.6 Å². The van der Waals surface area contributed by atoms with Crippen LogP contribution in [0.2, 0.25) is 0 Å². The molecule has 1 saturated heterocycles. The predicted molar refractivity (Wildman–Crippen MR) is 61.3 cm³/mol. The van der Waals surface area contributed by atoms with E-state index in [0.29, 0.717) is 6.10 Å². The van der Waals surface area contributed by atoms with Gasteiger partial charge in [-0.15, -0.1) is 0 Å². The van der Waals surface area contributed by atoms with E-state index in [9.17, 15) is 0 Å². The first-order valence-corrected chi connectivity index (χ1v) is 5.87. The Kier molecular flexibility index (Phi) is 3.56. The minimum atomic E-state index is 0.290. The number of nitrogens with one attached hydrogen (secondary N) is 1. The Balaban J connectivity index is 1.89.